The Morgan fingerprint density at radius 3 is 1.45 bits per heavy atom. The SMILES string of the molecule is C.Nc1cc2c3c(c1)OCCN3CCO2.O=[N+]([O-])c1cc2c3c(c1)OCCN3CCO2. The van der Waals surface area contributed by atoms with Crippen molar-refractivity contribution in [1.82, 2.24) is 0 Å². The fourth-order valence-electron chi connectivity index (χ4n) is 4.07. The number of ether oxygens (including phenoxy) is 4. The van der Waals surface area contributed by atoms with Crippen molar-refractivity contribution in [2.45, 2.75) is 7.43 Å². The van der Waals surface area contributed by atoms with E-state index < -0.39 is 4.92 Å². The minimum Gasteiger partial charge on any atom is -0.489 e. The van der Waals surface area contributed by atoms with Crippen molar-refractivity contribution < 1.29 is 23.9 Å². The number of benzene rings is 2. The number of nitrogen functional groups attached to an aromatic ring is 1. The highest BCUT2D eigenvalue weighted by atomic mass is 16.6. The number of rotatable bonds is 1. The molecular formula is C21H26N4O6. The van der Waals surface area contributed by atoms with E-state index in [9.17, 15) is 10.1 Å². The van der Waals surface area contributed by atoms with Crippen LogP contribution in [0.25, 0.3) is 0 Å². The lowest BCUT2D eigenvalue weighted by Gasteiger charge is -2.36. The summed E-state index contributed by atoms with van der Waals surface area (Å²) in [5.41, 5.74) is 8.37. The number of anilines is 3. The first-order chi connectivity index (χ1) is 14.6. The molecule has 4 aliphatic rings. The summed E-state index contributed by atoms with van der Waals surface area (Å²) in [7, 11) is 0. The number of nitrogens with two attached hydrogens (primary N) is 1. The number of hydrogen-bond donors (Lipinski definition) is 1. The molecule has 2 N–H and O–H groups in total. The van der Waals surface area contributed by atoms with Crippen LogP contribution in [-0.4, -0.2) is 57.5 Å². The van der Waals surface area contributed by atoms with Crippen molar-refractivity contribution in [3.8, 4) is 23.0 Å². The molecular weight excluding hydrogens is 404 g/mol. The van der Waals surface area contributed by atoms with Gasteiger partial charge in [-0.05, 0) is 0 Å². The molecule has 31 heavy (non-hydrogen) atoms. The van der Waals surface area contributed by atoms with Gasteiger partial charge in [0.05, 0.1) is 43.2 Å². The van der Waals surface area contributed by atoms with Crippen LogP contribution in [0.15, 0.2) is 24.3 Å². The van der Waals surface area contributed by atoms with E-state index in [1.807, 2.05) is 12.1 Å². The van der Waals surface area contributed by atoms with Gasteiger partial charge in [0.15, 0.2) is 11.5 Å². The third-order valence-electron chi connectivity index (χ3n) is 5.41. The van der Waals surface area contributed by atoms with E-state index in [2.05, 4.69) is 9.80 Å². The monoisotopic (exact) mass is 430 g/mol. The Bertz CT molecular complexity index is 936. The van der Waals surface area contributed by atoms with Crippen molar-refractivity contribution in [2.75, 3.05) is 68.1 Å². The molecule has 0 saturated heterocycles. The minimum absolute atomic E-state index is 0. The number of nitro benzene ring substituents is 1. The fraction of sp³-hybridized carbons (Fsp3) is 0.429. The van der Waals surface area contributed by atoms with Gasteiger partial charge in [0, 0.05) is 17.8 Å². The third kappa shape index (κ3) is 3.80. The molecule has 10 nitrogen and oxygen atoms in total. The first-order valence-electron chi connectivity index (χ1n) is 9.87. The normalized spacial score (nSPS) is 17.0. The van der Waals surface area contributed by atoms with Gasteiger partial charge in [-0.3, -0.25) is 10.1 Å². The predicted octanol–water partition coefficient (Wildman–Crippen LogP) is 2.68. The quantitative estimate of drug-likeness (QED) is 0.414. The lowest BCUT2D eigenvalue weighted by Crippen LogP contribution is -2.39. The zero-order valence-electron chi connectivity index (χ0n) is 16.3. The molecule has 0 unspecified atom stereocenters. The molecule has 2 aromatic carbocycles. The van der Waals surface area contributed by atoms with E-state index in [1.165, 1.54) is 12.1 Å². The van der Waals surface area contributed by atoms with Gasteiger partial charge in [-0.15, -0.1) is 0 Å². The summed E-state index contributed by atoms with van der Waals surface area (Å²) < 4.78 is 22.0. The summed E-state index contributed by atoms with van der Waals surface area (Å²) in [5, 5.41) is 10.7. The van der Waals surface area contributed by atoms with E-state index in [0.29, 0.717) is 30.4 Å². The van der Waals surface area contributed by atoms with Crippen LogP contribution in [0.5, 0.6) is 23.0 Å². The van der Waals surface area contributed by atoms with Gasteiger partial charge >= 0.3 is 0 Å². The maximum Gasteiger partial charge on any atom is 0.277 e. The molecule has 2 aromatic rings. The molecule has 6 rings (SSSR count). The Hall–Kier alpha value is -3.56. The van der Waals surface area contributed by atoms with Crippen molar-refractivity contribution in [2.24, 2.45) is 0 Å². The topological polar surface area (TPSA) is 113 Å². The molecule has 0 aliphatic carbocycles. The molecule has 4 heterocycles. The molecule has 10 heteroatoms. The van der Waals surface area contributed by atoms with Gasteiger partial charge in [-0.25, -0.2) is 0 Å². The molecule has 4 aliphatic heterocycles. The second-order valence-electron chi connectivity index (χ2n) is 7.28. The first kappa shape index (κ1) is 20.7. The summed E-state index contributed by atoms with van der Waals surface area (Å²) in [6, 6.07) is 6.64. The van der Waals surface area contributed by atoms with Crippen LogP contribution in [0.2, 0.25) is 0 Å². The molecule has 0 bridgehead atoms. The van der Waals surface area contributed by atoms with Crippen LogP contribution in [0.3, 0.4) is 0 Å². The molecule has 0 amide bonds. The Morgan fingerprint density at radius 1 is 0.742 bits per heavy atom. The van der Waals surface area contributed by atoms with Gasteiger partial charge in [-0.1, -0.05) is 7.43 Å². The third-order valence-corrected chi connectivity index (χ3v) is 5.41. The van der Waals surface area contributed by atoms with E-state index in [0.717, 1.165) is 62.3 Å². The summed E-state index contributed by atoms with van der Waals surface area (Å²) in [6.45, 7) is 6.08. The first-order valence-corrected chi connectivity index (χ1v) is 9.87. The Labute approximate surface area is 180 Å². The molecule has 0 atom stereocenters. The Morgan fingerprint density at radius 2 is 1.10 bits per heavy atom. The van der Waals surface area contributed by atoms with E-state index >= 15 is 0 Å². The molecule has 0 spiro atoms. The Balaban J connectivity index is 0.000000146. The van der Waals surface area contributed by atoms with Crippen molar-refractivity contribution in [3.63, 3.8) is 0 Å². The largest absolute Gasteiger partial charge is 0.489 e. The minimum atomic E-state index is -0.433. The summed E-state index contributed by atoms with van der Waals surface area (Å²) >= 11 is 0. The average Bonchev–Trinajstić information content (AvgIpc) is 2.75. The van der Waals surface area contributed by atoms with Gasteiger partial charge < -0.3 is 34.5 Å². The fourth-order valence-corrected chi connectivity index (χ4v) is 4.07. The lowest BCUT2D eigenvalue weighted by atomic mass is 10.1. The molecule has 0 radical (unpaired) electrons. The lowest BCUT2D eigenvalue weighted by molar-refractivity contribution is -0.385. The summed E-state index contributed by atoms with van der Waals surface area (Å²) in [6.07, 6.45) is 0. The second kappa shape index (κ2) is 8.29. The van der Waals surface area contributed by atoms with E-state index in [-0.39, 0.29) is 13.1 Å². The number of hydrogen-bond acceptors (Lipinski definition) is 9. The standard InChI is InChI=1S/C10H10N2O4.C10H12N2O2.CH4/c13-12(14)7-5-8-10-9(6-7)16-4-2-11(10)1-3-15-8;11-7-5-8-10-9(6-7)14-4-2-12(10)1-3-13-8;/h5-6H,1-4H2;5-6H,1-4,11H2;1H4. The molecule has 0 saturated carbocycles. The van der Waals surface area contributed by atoms with Crippen LogP contribution >= 0.6 is 0 Å². The zero-order valence-corrected chi connectivity index (χ0v) is 16.3. The number of nitrogens with zero attached hydrogens (tertiary/aromatic N) is 3. The van der Waals surface area contributed by atoms with Crippen molar-refractivity contribution >= 4 is 22.7 Å². The van der Waals surface area contributed by atoms with Crippen molar-refractivity contribution in [3.05, 3.63) is 34.4 Å². The van der Waals surface area contributed by atoms with Crippen LogP contribution < -0.4 is 34.5 Å². The predicted molar refractivity (Wildman–Crippen MR) is 117 cm³/mol. The van der Waals surface area contributed by atoms with Crippen LogP contribution in [0.1, 0.15) is 7.43 Å². The van der Waals surface area contributed by atoms with Gasteiger partial charge in [0.25, 0.3) is 5.69 Å². The summed E-state index contributed by atoms with van der Waals surface area (Å²) in [4.78, 5) is 14.7. The molecule has 0 fully saturated rings. The average molecular weight is 430 g/mol. The van der Waals surface area contributed by atoms with E-state index in [4.69, 9.17) is 24.7 Å². The van der Waals surface area contributed by atoms with Gasteiger partial charge in [-0.2, -0.15) is 0 Å². The van der Waals surface area contributed by atoms with Crippen LogP contribution in [0, 0.1) is 10.1 Å². The van der Waals surface area contributed by atoms with Gasteiger partial charge in [0.1, 0.15) is 49.3 Å². The summed E-state index contributed by atoms with van der Waals surface area (Å²) in [5.74, 6) is 2.81. The van der Waals surface area contributed by atoms with Gasteiger partial charge in [0.2, 0.25) is 0 Å². The zero-order chi connectivity index (χ0) is 20.7. The van der Waals surface area contributed by atoms with Crippen LogP contribution in [-0.2, 0) is 0 Å². The highest BCUT2D eigenvalue weighted by Gasteiger charge is 2.29. The Kier molecular flexibility index (Phi) is 5.53. The maximum absolute atomic E-state index is 10.7. The number of non-ortho nitro benzene ring substituents is 1. The molecule has 166 valence electrons. The smallest absolute Gasteiger partial charge is 0.277 e. The van der Waals surface area contributed by atoms with E-state index in [1.54, 1.807) is 0 Å². The highest BCUT2D eigenvalue weighted by Crippen LogP contribution is 2.45. The number of nitro groups is 1. The van der Waals surface area contributed by atoms with Crippen molar-refractivity contribution in [1.29, 1.82) is 0 Å². The van der Waals surface area contributed by atoms with Crippen LogP contribution in [0.4, 0.5) is 22.7 Å². The maximum atomic E-state index is 10.7. The molecule has 0 aromatic heterocycles. The second-order valence-corrected chi connectivity index (χ2v) is 7.28. The highest BCUT2D eigenvalue weighted by molar-refractivity contribution is 5.74.